The standard InChI is InChI=1S/C18H23N3O4S2/c1-27(24,25)18-10-15(21(22)23)6-7-17(18)19-11-14-4-2-8-20(12-14)13-16-5-3-9-26-16/h3,5-7,9-10,14,19H,2,4,8,11-13H2,1H3. The second kappa shape index (κ2) is 8.37. The predicted molar refractivity (Wildman–Crippen MR) is 107 cm³/mol. The highest BCUT2D eigenvalue weighted by atomic mass is 32.2. The van der Waals surface area contributed by atoms with E-state index < -0.39 is 14.8 Å². The lowest BCUT2D eigenvalue weighted by Gasteiger charge is -2.32. The third-order valence-corrected chi connectivity index (χ3v) is 6.72. The van der Waals surface area contributed by atoms with Gasteiger partial charge in [-0.3, -0.25) is 15.0 Å². The summed E-state index contributed by atoms with van der Waals surface area (Å²) in [5, 5.41) is 16.2. The van der Waals surface area contributed by atoms with E-state index in [0.29, 0.717) is 18.2 Å². The Morgan fingerprint density at radius 1 is 1.37 bits per heavy atom. The third kappa shape index (κ3) is 5.27. The molecule has 1 N–H and O–H groups in total. The van der Waals surface area contributed by atoms with Crippen LogP contribution in [0.5, 0.6) is 0 Å². The molecule has 7 nitrogen and oxygen atoms in total. The van der Waals surface area contributed by atoms with Gasteiger partial charge in [0.15, 0.2) is 9.84 Å². The predicted octanol–water partition coefficient (Wildman–Crippen LogP) is 3.38. The number of piperidine rings is 1. The molecule has 146 valence electrons. The van der Waals surface area contributed by atoms with Crippen molar-refractivity contribution in [1.29, 1.82) is 0 Å². The van der Waals surface area contributed by atoms with Gasteiger partial charge >= 0.3 is 0 Å². The molecule has 2 heterocycles. The van der Waals surface area contributed by atoms with Gasteiger partial charge in [0.1, 0.15) is 0 Å². The van der Waals surface area contributed by atoms with Crippen LogP contribution in [0, 0.1) is 16.0 Å². The quantitative estimate of drug-likeness (QED) is 0.557. The number of rotatable bonds is 7. The van der Waals surface area contributed by atoms with Crippen LogP contribution >= 0.6 is 11.3 Å². The molecule has 27 heavy (non-hydrogen) atoms. The van der Waals surface area contributed by atoms with Gasteiger partial charge in [-0.05, 0) is 42.8 Å². The summed E-state index contributed by atoms with van der Waals surface area (Å²) in [7, 11) is -3.56. The highest BCUT2D eigenvalue weighted by Crippen LogP contribution is 2.27. The molecule has 1 atom stereocenters. The largest absolute Gasteiger partial charge is 0.384 e. The SMILES string of the molecule is CS(=O)(=O)c1cc([N+](=O)[O-])ccc1NCC1CCCN(Cc2cccs2)C1. The molecule has 1 unspecified atom stereocenters. The van der Waals surface area contributed by atoms with E-state index in [1.165, 1.54) is 17.0 Å². The van der Waals surface area contributed by atoms with Gasteiger partial charge in [-0.15, -0.1) is 11.3 Å². The zero-order chi connectivity index (χ0) is 19.4. The summed E-state index contributed by atoms with van der Waals surface area (Å²) < 4.78 is 24.1. The van der Waals surface area contributed by atoms with E-state index >= 15 is 0 Å². The Morgan fingerprint density at radius 2 is 2.19 bits per heavy atom. The number of non-ortho nitro benzene ring substituents is 1. The number of nitrogens with one attached hydrogen (secondary N) is 1. The summed E-state index contributed by atoms with van der Waals surface area (Å²) in [5.41, 5.74) is 0.208. The molecule has 0 radical (unpaired) electrons. The molecule has 1 fully saturated rings. The first-order valence-electron chi connectivity index (χ1n) is 8.80. The maximum absolute atomic E-state index is 12.0. The molecule has 9 heteroatoms. The molecule has 0 amide bonds. The number of hydrogen-bond donors (Lipinski definition) is 1. The topological polar surface area (TPSA) is 92.5 Å². The van der Waals surface area contributed by atoms with Crippen LogP contribution in [0.15, 0.2) is 40.6 Å². The van der Waals surface area contributed by atoms with E-state index in [2.05, 4.69) is 27.7 Å². The minimum absolute atomic E-state index is 0.0250. The molecule has 1 aliphatic rings. The molecule has 1 aromatic carbocycles. The zero-order valence-corrected chi connectivity index (χ0v) is 16.8. The Labute approximate surface area is 163 Å². The van der Waals surface area contributed by atoms with Crippen molar-refractivity contribution in [2.45, 2.75) is 24.3 Å². The third-order valence-electron chi connectivity index (χ3n) is 4.72. The number of hydrogen-bond acceptors (Lipinski definition) is 7. The van der Waals surface area contributed by atoms with Gasteiger partial charge in [-0.1, -0.05) is 6.07 Å². The van der Waals surface area contributed by atoms with Crippen molar-refractivity contribution < 1.29 is 13.3 Å². The summed E-state index contributed by atoms with van der Waals surface area (Å²) >= 11 is 1.76. The lowest BCUT2D eigenvalue weighted by Crippen LogP contribution is -2.37. The molecule has 0 aliphatic carbocycles. The molecule has 1 aromatic heterocycles. The fraction of sp³-hybridized carbons (Fsp3) is 0.444. The molecular weight excluding hydrogens is 386 g/mol. The van der Waals surface area contributed by atoms with Crippen LogP contribution in [0.25, 0.3) is 0 Å². The highest BCUT2D eigenvalue weighted by molar-refractivity contribution is 7.90. The van der Waals surface area contributed by atoms with Crippen LogP contribution in [0.3, 0.4) is 0 Å². The average Bonchev–Trinajstić information content (AvgIpc) is 3.12. The van der Waals surface area contributed by atoms with E-state index in [0.717, 1.165) is 44.8 Å². The first kappa shape index (κ1) is 19.8. The van der Waals surface area contributed by atoms with Crippen molar-refractivity contribution in [3.8, 4) is 0 Å². The van der Waals surface area contributed by atoms with Gasteiger partial charge in [0.05, 0.1) is 15.5 Å². The Kier molecular flexibility index (Phi) is 6.13. The number of likely N-dealkylation sites (tertiary alicyclic amines) is 1. The van der Waals surface area contributed by atoms with E-state index in [4.69, 9.17) is 0 Å². The zero-order valence-electron chi connectivity index (χ0n) is 15.1. The van der Waals surface area contributed by atoms with E-state index in [1.807, 2.05) is 0 Å². The number of nitrogens with zero attached hydrogens (tertiary/aromatic N) is 2. The number of thiophene rings is 1. The molecule has 0 bridgehead atoms. The first-order chi connectivity index (χ1) is 12.8. The summed E-state index contributed by atoms with van der Waals surface area (Å²) in [5.74, 6) is 0.404. The summed E-state index contributed by atoms with van der Waals surface area (Å²) in [6.45, 7) is 3.61. The Balaban J connectivity index is 1.66. The molecule has 1 saturated heterocycles. The van der Waals surface area contributed by atoms with Crippen molar-refractivity contribution in [3.63, 3.8) is 0 Å². The summed E-state index contributed by atoms with van der Waals surface area (Å²) in [4.78, 5) is 14.1. The molecule has 0 spiro atoms. The molecule has 1 aliphatic heterocycles. The highest BCUT2D eigenvalue weighted by Gasteiger charge is 2.22. The normalized spacial score (nSPS) is 18.3. The summed E-state index contributed by atoms with van der Waals surface area (Å²) in [6, 6.07) is 8.15. The fourth-order valence-corrected chi connectivity index (χ4v) is 5.04. The van der Waals surface area contributed by atoms with Gasteiger partial charge in [-0.2, -0.15) is 0 Å². The maximum atomic E-state index is 12.0. The van der Waals surface area contributed by atoms with Crippen LogP contribution in [-0.4, -0.2) is 44.1 Å². The Bertz CT molecular complexity index is 897. The Hall–Kier alpha value is -1.97. The minimum Gasteiger partial charge on any atom is -0.384 e. The number of anilines is 1. The molecule has 2 aromatic rings. The van der Waals surface area contributed by atoms with Gasteiger partial charge in [0.25, 0.3) is 5.69 Å². The lowest BCUT2D eigenvalue weighted by atomic mass is 9.98. The van der Waals surface area contributed by atoms with E-state index in [-0.39, 0.29) is 10.6 Å². The fourth-order valence-electron chi connectivity index (χ4n) is 3.42. The smallest absolute Gasteiger partial charge is 0.270 e. The van der Waals surface area contributed by atoms with E-state index in [9.17, 15) is 18.5 Å². The maximum Gasteiger partial charge on any atom is 0.270 e. The van der Waals surface area contributed by atoms with E-state index in [1.54, 1.807) is 11.3 Å². The van der Waals surface area contributed by atoms with Crippen LogP contribution in [0.4, 0.5) is 11.4 Å². The van der Waals surface area contributed by atoms with Gasteiger partial charge in [0.2, 0.25) is 0 Å². The Morgan fingerprint density at radius 3 is 2.85 bits per heavy atom. The number of benzene rings is 1. The van der Waals surface area contributed by atoms with Crippen LogP contribution in [-0.2, 0) is 16.4 Å². The van der Waals surface area contributed by atoms with Gasteiger partial charge in [-0.25, -0.2) is 8.42 Å². The minimum atomic E-state index is -3.56. The van der Waals surface area contributed by atoms with Crippen molar-refractivity contribution in [3.05, 3.63) is 50.7 Å². The van der Waals surface area contributed by atoms with Gasteiger partial charge in [0, 0.05) is 42.9 Å². The first-order valence-corrected chi connectivity index (χ1v) is 11.6. The molecular formula is C18H23N3O4S2. The summed E-state index contributed by atoms with van der Waals surface area (Å²) in [6.07, 6.45) is 3.26. The average molecular weight is 410 g/mol. The molecule has 0 saturated carbocycles. The van der Waals surface area contributed by atoms with Crippen LogP contribution in [0.1, 0.15) is 17.7 Å². The second-order valence-electron chi connectivity index (χ2n) is 6.91. The number of sulfone groups is 1. The number of nitro groups is 1. The van der Waals surface area contributed by atoms with Crippen LogP contribution < -0.4 is 5.32 Å². The van der Waals surface area contributed by atoms with Crippen molar-refractivity contribution in [2.75, 3.05) is 31.2 Å². The van der Waals surface area contributed by atoms with Crippen molar-refractivity contribution >= 4 is 32.5 Å². The number of nitro benzene ring substituents is 1. The van der Waals surface area contributed by atoms with Crippen LogP contribution in [0.2, 0.25) is 0 Å². The second-order valence-corrected chi connectivity index (χ2v) is 9.93. The van der Waals surface area contributed by atoms with Gasteiger partial charge < -0.3 is 5.32 Å². The monoisotopic (exact) mass is 409 g/mol. The lowest BCUT2D eigenvalue weighted by molar-refractivity contribution is -0.385. The van der Waals surface area contributed by atoms with Crippen molar-refractivity contribution in [1.82, 2.24) is 4.90 Å². The molecule has 3 rings (SSSR count). The van der Waals surface area contributed by atoms with Crippen molar-refractivity contribution in [2.24, 2.45) is 5.92 Å².